The quantitative estimate of drug-likeness (QED) is 0.0338. The maximum absolute atomic E-state index is 15.4. The molecular weight excluding hydrogens is 985 g/mol. The highest BCUT2D eigenvalue weighted by Crippen LogP contribution is 2.45. The van der Waals surface area contributed by atoms with Crippen molar-refractivity contribution in [3.63, 3.8) is 0 Å². The van der Waals surface area contributed by atoms with Crippen LogP contribution in [0.15, 0.2) is 97.8 Å². The molecule has 3 aromatic carbocycles. The molecule has 78 heavy (non-hydrogen) atoms. The van der Waals surface area contributed by atoms with E-state index in [-0.39, 0.29) is 30.8 Å². The monoisotopic (exact) mass is 1040 g/mol. The second-order valence-corrected chi connectivity index (χ2v) is 19.4. The summed E-state index contributed by atoms with van der Waals surface area (Å²) in [6.45, 7) is 13.6. The highest BCUT2D eigenvalue weighted by Gasteiger charge is 2.41. The lowest BCUT2D eigenvalue weighted by atomic mass is 9.84. The van der Waals surface area contributed by atoms with Gasteiger partial charge in [0, 0.05) is 83.2 Å². The van der Waals surface area contributed by atoms with Gasteiger partial charge in [-0.3, -0.25) is 19.3 Å². The number of aryl methyl sites for hydroxylation is 1. The van der Waals surface area contributed by atoms with Crippen molar-refractivity contribution < 1.29 is 38.1 Å². The zero-order valence-electron chi connectivity index (χ0n) is 44.8. The second kappa shape index (κ2) is 22.7. The standard InChI is InChI=1S/C62H60N8O8/c1-9-41-27-43-28-52-44(10-2)35(3)47(67-52)30-48-36(4)45(19-20-55(71)76-8)58(68-48)57-59-56(37(5)49(69-59)31-50(41)65-43)61(72)70(62(57)73)33-40-15-11-13-38(25-40)17-18-39-14-12-16-42(26-39)66-60-46-29-53(77-23-21-74-6)54(78-24-22-75-7)32-51(46)63-34-64-60/h10-16,25-32,34,36,45,68-69H,2,9,19-24,33H2,1,3-8H3,(H,63,64,66)/t36?,45-/m0/s1. The number of hydrogen-bond donors (Lipinski definition) is 3. The number of anilines is 2. The van der Waals surface area contributed by atoms with E-state index in [9.17, 15) is 4.79 Å². The molecule has 16 heteroatoms. The van der Waals surface area contributed by atoms with E-state index >= 15 is 9.59 Å². The predicted molar refractivity (Wildman–Crippen MR) is 301 cm³/mol. The van der Waals surface area contributed by atoms with E-state index in [2.05, 4.69) is 63.6 Å². The Morgan fingerprint density at radius 1 is 0.821 bits per heavy atom. The molecule has 396 valence electrons. The highest BCUT2D eigenvalue weighted by molar-refractivity contribution is 6.23. The van der Waals surface area contributed by atoms with Gasteiger partial charge in [-0.2, -0.15) is 0 Å². The molecule has 0 spiro atoms. The van der Waals surface area contributed by atoms with Gasteiger partial charge < -0.3 is 39.0 Å². The lowest BCUT2D eigenvalue weighted by molar-refractivity contribution is -0.140. The van der Waals surface area contributed by atoms with Crippen LogP contribution in [0, 0.1) is 18.8 Å². The van der Waals surface area contributed by atoms with E-state index in [0.29, 0.717) is 107 Å². The number of aromatic nitrogens is 6. The largest absolute Gasteiger partial charge is 0.487 e. The van der Waals surface area contributed by atoms with E-state index in [1.807, 2.05) is 98.8 Å². The van der Waals surface area contributed by atoms with Gasteiger partial charge in [-0.25, -0.2) is 19.9 Å². The summed E-state index contributed by atoms with van der Waals surface area (Å²) in [6, 6.07) is 24.8. The number of nitrogens with zero attached hydrogens (tertiary/aromatic N) is 5. The molecule has 0 saturated heterocycles. The zero-order valence-corrected chi connectivity index (χ0v) is 44.8. The van der Waals surface area contributed by atoms with E-state index in [4.69, 9.17) is 33.7 Å². The van der Waals surface area contributed by atoms with Gasteiger partial charge in [0.15, 0.2) is 11.5 Å². The average Bonchev–Trinajstić information content (AvgIpc) is 4.26. The summed E-state index contributed by atoms with van der Waals surface area (Å²) in [6.07, 6.45) is 6.58. The Morgan fingerprint density at radius 3 is 2.28 bits per heavy atom. The van der Waals surface area contributed by atoms with Gasteiger partial charge in [-0.1, -0.05) is 56.5 Å². The molecule has 4 aliphatic rings. The number of fused-ring (bicyclic) bond motifs is 9. The van der Waals surface area contributed by atoms with Crippen molar-refractivity contribution in [1.82, 2.24) is 34.8 Å². The first kappa shape index (κ1) is 52.5. The highest BCUT2D eigenvalue weighted by atomic mass is 16.5. The Morgan fingerprint density at radius 2 is 1.55 bits per heavy atom. The number of H-pyrrole nitrogens is 2. The third-order valence-electron chi connectivity index (χ3n) is 14.5. The van der Waals surface area contributed by atoms with Crippen LogP contribution in [0.25, 0.3) is 44.7 Å². The number of imide groups is 1. The Hall–Kier alpha value is -8.91. The Labute approximate surface area is 452 Å². The number of nitrogens with one attached hydrogen (secondary N) is 3. The zero-order chi connectivity index (χ0) is 54.6. The van der Waals surface area contributed by atoms with E-state index in [0.717, 1.165) is 61.8 Å². The lowest BCUT2D eigenvalue weighted by Crippen LogP contribution is -2.40. The first-order valence-corrected chi connectivity index (χ1v) is 25.9. The van der Waals surface area contributed by atoms with Crippen LogP contribution in [0.4, 0.5) is 11.5 Å². The third-order valence-corrected chi connectivity index (χ3v) is 14.5. The number of methoxy groups -OCH3 is 3. The van der Waals surface area contributed by atoms with Gasteiger partial charge in [0.1, 0.15) is 25.4 Å². The van der Waals surface area contributed by atoms with E-state index in [1.54, 1.807) is 14.2 Å². The van der Waals surface area contributed by atoms with Gasteiger partial charge in [0.05, 0.1) is 71.8 Å². The number of esters is 1. The molecule has 0 saturated carbocycles. The average molecular weight is 1050 g/mol. The molecule has 7 heterocycles. The summed E-state index contributed by atoms with van der Waals surface area (Å²) in [5.41, 5.74) is 13.3. The van der Waals surface area contributed by atoms with Crippen LogP contribution in [-0.2, 0) is 25.5 Å². The molecule has 10 rings (SSSR count). The van der Waals surface area contributed by atoms with Crippen molar-refractivity contribution in [2.24, 2.45) is 0 Å². The molecule has 2 amide bonds. The molecule has 8 bridgehead atoms. The van der Waals surface area contributed by atoms with E-state index in [1.165, 1.54) is 18.3 Å². The van der Waals surface area contributed by atoms with Crippen LogP contribution in [-0.4, -0.2) is 100 Å². The first-order valence-electron chi connectivity index (χ1n) is 25.9. The molecule has 0 fully saturated rings. The maximum atomic E-state index is 15.4. The third kappa shape index (κ3) is 10.5. The number of allylic oxidation sites excluding steroid dienone is 4. The number of carbonyl (C=O) groups is 3. The number of amides is 2. The summed E-state index contributed by atoms with van der Waals surface area (Å²) >= 11 is 0. The SMILES string of the molecule is C=CC1=C(C)c2cc3[nH]c(c4c5[nH]c(cc6nc(cc1n2)C=C6CC)c(C)c5C(=O)N(Cc1cccc(C#Cc2cccc(Nc5ncnc6cc(OCCOC)c(OCCOC)cc56)c2)c1)C4=O)[C@@H](CCC(=O)OC)C3C. The minimum Gasteiger partial charge on any atom is -0.487 e. The molecule has 1 unspecified atom stereocenters. The summed E-state index contributed by atoms with van der Waals surface area (Å²) in [5.74, 6) is 6.44. The molecular formula is C62H60N8O8. The Kier molecular flexibility index (Phi) is 15.3. The summed E-state index contributed by atoms with van der Waals surface area (Å²) in [4.78, 5) is 70.9. The number of carbonyl (C=O) groups excluding carboxylic acids is 3. The number of hydrogen-bond acceptors (Lipinski definition) is 13. The molecule has 16 nitrogen and oxygen atoms in total. The number of ether oxygens (including phenoxy) is 5. The van der Waals surface area contributed by atoms with Crippen molar-refractivity contribution in [3.05, 3.63) is 165 Å². The molecule has 3 N–H and O–H groups in total. The van der Waals surface area contributed by atoms with Gasteiger partial charge in [0.2, 0.25) is 0 Å². The summed E-state index contributed by atoms with van der Waals surface area (Å²) in [5, 5.41) is 4.16. The van der Waals surface area contributed by atoms with Crippen LogP contribution in [0.5, 0.6) is 11.5 Å². The fraction of sp³-hybridized carbons (Fsp3) is 0.274. The molecule has 6 aromatic rings. The number of rotatable bonds is 17. The van der Waals surface area contributed by atoms with E-state index < -0.39 is 11.8 Å². The Balaban J connectivity index is 1.00. The predicted octanol–water partition coefficient (Wildman–Crippen LogP) is 11.2. The smallest absolute Gasteiger partial charge is 0.305 e. The van der Waals surface area contributed by atoms with Crippen LogP contribution in [0.2, 0.25) is 0 Å². The van der Waals surface area contributed by atoms with Crippen molar-refractivity contribution in [3.8, 4) is 23.3 Å². The van der Waals surface area contributed by atoms with Crippen molar-refractivity contribution in [2.75, 3.05) is 53.1 Å². The molecule has 3 aromatic heterocycles. The first-order chi connectivity index (χ1) is 37.9. The topological polar surface area (TPSA) is 196 Å². The van der Waals surface area contributed by atoms with Gasteiger partial charge in [-0.05, 0) is 110 Å². The number of aromatic amines is 2. The van der Waals surface area contributed by atoms with Crippen molar-refractivity contribution >= 4 is 74.0 Å². The van der Waals surface area contributed by atoms with Crippen LogP contribution >= 0.6 is 0 Å². The van der Waals surface area contributed by atoms with Crippen molar-refractivity contribution in [2.45, 2.75) is 65.3 Å². The maximum Gasteiger partial charge on any atom is 0.305 e. The molecule has 4 aliphatic heterocycles. The fourth-order valence-corrected chi connectivity index (χ4v) is 10.3. The van der Waals surface area contributed by atoms with Crippen LogP contribution in [0.3, 0.4) is 0 Å². The number of benzene rings is 3. The van der Waals surface area contributed by atoms with Gasteiger partial charge in [-0.15, -0.1) is 0 Å². The van der Waals surface area contributed by atoms with Crippen molar-refractivity contribution in [1.29, 1.82) is 0 Å². The Bertz CT molecular complexity index is 3760. The minimum absolute atomic E-state index is 0.0301. The molecule has 0 aliphatic carbocycles. The summed E-state index contributed by atoms with van der Waals surface area (Å²) < 4.78 is 27.5. The second-order valence-electron chi connectivity index (χ2n) is 19.4. The van der Waals surface area contributed by atoms with Gasteiger partial charge >= 0.3 is 5.97 Å². The fourth-order valence-electron chi connectivity index (χ4n) is 10.3. The molecule has 2 atom stereocenters. The lowest BCUT2D eigenvalue weighted by Gasteiger charge is -2.27. The minimum atomic E-state index is -0.472. The normalized spacial score (nSPS) is 15.2. The molecule has 0 radical (unpaired) electrons. The summed E-state index contributed by atoms with van der Waals surface area (Å²) in [7, 11) is 4.60. The van der Waals surface area contributed by atoms with Crippen LogP contribution in [0.1, 0.15) is 129 Å². The van der Waals surface area contributed by atoms with Gasteiger partial charge in [0.25, 0.3) is 11.8 Å². The van der Waals surface area contributed by atoms with Crippen LogP contribution < -0.4 is 14.8 Å².